The van der Waals surface area contributed by atoms with Gasteiger partial charge in [-0.05, 0) is 87.0 Å². The van der Waals surface area contributed by atoms with Crippen LogP contribution in [0.2, 0.25) is 0 Å². The third kappa shape index (κ3) is 4.64. The van der Waals surface area contributed by atoms with Crippen molar-refractivity contribution in [2.75, 3.05) is 0 Å². The summed E-state index contributed by atoms with van der Waals surface area (Å²) in [5, 5.41) is 5.54. The van der Waals surface area contributed by atoms with Gasteiger partial charge < -0.3 is 0 Å². The molecule has 4 aromatic carbocycles. The van der Waals surface area contributed by atoms with Gasteiger partial charge in [-0.2, -0.15) is 0 Å². The van der Waals surface area contributed by atoms with Gasteiger partial charge in [-0.25, -0.2) is 0 Å². The summed E-state index contributed by atoms with van der Waals surface area (Å²) in [6.07, 6.45) is 0. The summed E-state index contributed by atoms with van der Waals surface area (Å²) in [5.41, 5.74) is 11.3. The molecule has 0 bridgehead atoms. The zero-order valence-corrected chi connectivity index (χ0v) is 26.9. The van der Waals surface area contributed by atoms with Gasteiger partial charge in [0.2, 0.25) is 0 Å². The molecule has 0 amide bonds. The van der Waals surface area contributed by atoms with Crippen LogP contribution in [0.25, 0.3) is 22.3 Å². The molecular formula is C40H48. The molecule has 0 nitrogen and oxygen atoms in total. The van der Waals surface area contributed by atoms with E-state index < -0.39 is 0 Å². The molecule has 0 spiro atoms. The monoisotopic (exact) mass is 528 g/mol. The molecule has 1 aliphatic carbocycles. The van der Waals surface area contributed by atoms with Crippen LogP contribution in [0.15, 0.2) is 72.8 Å². The molecule has 0 heterocycles. The summed E-state index contributed by atoms with van der Waals surface area (Å²) in [4.78, 5) is 0. The Balaban J connectivity index is 2.11. The van der Waals surface area contributed by atoms with Gasteiger partial charge in [-0.3, -0.25) is 0 Å². The summed E-state index contributed by atoms with van der Waals surface area (Å²) in [5.74, 6) is 0. The first-order chi connectivity index (χ1) is 18.4. The Morgan fingerprint density at radius 1 is 0.325 bits per heavy atom. The maximum atomic E-state index is 2.44. The maximum absolute atomic E-state index is 2.44. The standard InChI is InChI=1S/C40H48/c1-37(2,3)29-19-15-20-30(38(4,5)6)34(29)28-24-23-27-25-17-13-14-18-26(25)33(27)35(28)36-31(39(7,8)9)21-16-22-32(36)40(10,11)12/h13-24H,1-12H3. The highest BCUT2D eigenvalue weighted by Crippen LogP contribution is 2.49. The van der Waals surface area contributed by atoms with Crippen LogP contribution in [-0.4, -0.2) is 0 Å². The Bertz CT molecular complexity index is 1740. The van der Waals surface area contributed by atoms with E-state index in [-0.39, 0.29) is 21.7 Å². The van der Waals surface area contributed by atoms with Crippen LogP contribution >= 0.6 is 0 Å². The van der Waals surface area contributed by atoms with Gasteiger partial charge in [0.15, 0.2) is 0 Å². The molecule has 1 aliphatic rings. The first-order valence-corrected chi connectivity index (χ1v) is 15.0. The lowest BCUT2D eigenvalue weighted by Gasteiger charge is -2.34. The Morgan fingerprint density at radius 3 is 1.15 bits per heavy atom. The topological polar surface area (TPSA) is 0 Å². The highest BCUT2D eigenvalue weighted by molar-refractivity contribution is 5.91. The molecular weight excluding hydrogens is 480 g/mol. The lowest BCUT2D eigenvalue weighted by Crippen LogP contribution is -2.21. The third-order valence-electron chi connectivity index (χ3n) is 8.57. The fourth-order valence-corrected chi connectivity index (χ4v) is 6.61. The minimum atomic E-state index is -0.00372. The van der Waals surface area contributed by atoms with E-state index in [1.54, 1.807) is 0 Å². The van der Waals surface area contributed by atoms with Gasteiger partial charge in [0.25, 0.3) is 0 Å². The number of rotatable bonds is 2. The van der Waals surface area contributed by atoms with Gasteiger partial charge >= 0.3 is 0 Å². The fraction of sp³-hybridized carbons (Fsp3) is 0.400. The number of fused-ring (bicyclic) bond motifs is 2. The van der Waals surface area contributed by atoms with E-state index in [2.05, 4.69) is 156 Å². The molecule has 0 saturated heterocycles. The van der Waals surface area contributed by atoms with Crippen LogP contribution in [0.4, 0.5) is 0 Å². The lowest BCUT2D eigenvalue weighted by molar-refractivity contribution is 0.570. The van der Waals surface area contributed by atoms with Crippen molar-refractivity contribution in [2.45, 2.75) is 105 Å². The van der Waals surface area contributed by atoms with Gasteiger partial charge in [-0.15, -0.1) is 0 Å². The van der Waals surface area contributed by atoms with Crippen molar-refractivity contribution in [1.82, 2.24) is 0 Å². The van der Waals surface area contributed by atoms with E-state index in [1.165, 1.54) is 65.4 Å². The Hall–Kier alpha value is -3.12. The van der Waals surface area contributed by atoms with Gasteiger partial charge in [0, 0.05) is 0 Å². The van der Waals surface area contributed by atoms with Crippen LogP contribution in [-0.2, 0) is 21.7 Å². The molecule has 0 unspecified atom stereocenters. The Labute approximate surface area is 242 Å². The second-order valence-corrected chi connectivity index (χ2v) is 15.9. The zero-order chi connectivity index (χ0) is 29.4. The molecule has 0 fully saturated rings. The molecule has 5 rings (SSSR count). The molecule has 0 radical (unpaired) electrons. The Morgan fingerprint density at radius 2 is 0.725 bits per heavy atom. The van der Waals surface area contributed by atoms with Crippen molar-refractivity contribution in [3.05, 3.63) is 116 Å². The lowest BCUT2D eigenvalue weighted by atomic mass is 9.69. The smallest absolute Gasteiger partial charge is 0.00139 e. The first-order valence-electron chi connectivity index (χ1n) is 15.0. The number of benzene rings is 4. The summed E-state index contributed by atoms with van der Waals surface area (Å²) < 4.78 is 0. The van der Waals surface area contributed by atoms with E-state index in [1.807, 2.05) is 0 Å². The van der Waals surface area contributed by atoms with Crippen LogP contribution in [0.3, 0.4) is 0 Å². The van der Waals surface area contributed by atoms with Crippen LogP contribution in [0.5, 0.6) is 0 Å². The van der Waals surface area contributed by atoms with Crippen LogP contribution in [0.1, 0.15) is 105 Å². The highest BCUT2D eigenvalue weighted by atomic mass is 14.4. The van der Waals surface area contributed by atoms with Crippen molar-refractivity contribution in [1.29, 1.82) is 0 Å². The minimum absolute atomic E-state index is 0.00372. The summed E-state index contributed by atoms with van der Waals surface area (Å²) in [6, 6.07) is 27.8. The SMILES string of the molecule is CC(C)(C)c1cccc(C(C)(C)C)c1-c1ccc2c(c1-c1c(C(C)(C)C)cccc1C(C)(C)C)=c1ccccc1=2. The molecule has 0 heteroatoms. The average Bonchev–Trinajstić information content (AvgIpc) is 2.83. The molecule has 0 atom stereocenters. The molecule has 0 saturated carbocycles. The van der Waals surface area contributed by atoms with Gasteiger partial charge in [-0.1, -0.05) is 156 Å². The summed E-state index contributed by atoms with van der Waals surface area (Å²) in [7, 11) is 0. The van der Waals surface area contributed by atoms with E-state index in [0.717, 1.165) is 0 Å². The number of hydrogen-bond donors (Lipinski definition) is 0. The first kappa shape index (κ1) is 28.4. The largest absolute Gasteiger partial charge is 0.0616 e. The van der Waals surface area contributed by atoms with Crippen molar-refractivity contribution >= 4 is 0 Å². The average molecular weight is 529 g/mol. The van der Waals surface area contributed by atoms with Crippen molar-refractivity contribution in [3.63, 3.8) is 0 Å². The molecule has 0 aliphatic heterocycles. The van der Waals surface area contributed by atoms with E-state index in [9.17, 15) is 0 Å². The normalized spacial score (nSPS) is 13.5. The maximum Gasteiger partial charge on any atom is -0.00139 e. The Kier molecular flexibility index (Phi) is 6.53. The molecule has 0 aromatic heterocycles. The molecule has 208 valence electrons. The molecule has 40 heavy (non-hydrogen) atoms. The zero-order valence-electron chi connectivity index (χ0n) is 26.9. The quantitative estimate of drug-likeness (QED) is 0.214. The van der Waals surface area contributed by atoms with Crippen LogP contribution in [0, 0.1) is 20.9 Å². The van der Waals surface area contributed by atoms with Crippen LogP contribution < -0.4 is 0 Å². The second-order valence-electron chi connectivity index (χ2n) is 15.9. The van der Waals surface area contributed by atoms with E-state index in [0.29, 0.717) is 0 Å². The van der Waals surface area contributed by atoms with Gasteiger partial charge in [0.1, 0.15) is 0 Å². The van der Waals surface area contributed by atoms with E-state index in [4.69, 9.17) is 0 Å². The highest BCUT2D eigenvalue weighted by Gasteiger charge is 2.32. The van der Waals surface area contributed by atoms with Gasteiger partial charge in [0.05, 0.1) is 0 Å². The van der Waals surface area contributed by atoms with Crippen molar-refractivity contribution in [3.8, 4) is 22.3 Å². The third-order valence-corrected chi connectivity index (χ3v) is 8.57. The predicted molar refractivity (Wildman–Crippen MR) is 174 cm³/mol. The summed E-state index contributed by atoms with van der Waals surface area (Å²) >= 11 is 0. The minimum Gasteiger partial charge on any atom is -0.0616 e. The van der Waals surface area contributed by atoms with Crippen molar-refractivity contribution < 1.29 is 0 Å². The number of hydrogen-bond acceptors (Lipinski definition) is 0. The predicted octanol–water partition coefficient (Wildman–Crippen LogP) is 11.1. The molecule has 0 N–H and O–H groups in total. The van der Waals surface area contributed by atoms with E-state index >= 15 is 0 Å². The second kappa shape index (κ2) is 9.20. The fourth-order valence-electron chi connectivity index (χ4n) is 6.61. The summed E-state index contributed by atoms with van der Waals surface area (Å²) in [6.45, 7) is 28.4. The molecule has 4 aromatic rings. The van der Waals surface area contributed by atoms with Crippen molar-refractivity contribution in [2.24, 2.45) is 0 Å².